The molecule has 5 nitrogen and oxygen atoms in total. The SMILES string of the molecule is O=C([O-])c1ccc(/C=c2/sc3n(c2=O)C(c2cccs2)C2=C(N=3)c3ccccc3CC2)cc1. The minimum atomic E-state index is -1.22. The number of aromatic carboxylic acids is 1. The fourth-order valence-electron chi connectivity index (χ4n) is 4.58. The number of fused-ring (bicyclic) bond motifs is 3. The number of hydrogen-bond acceptors (Lipinski definition) is 6. The Morgan fingerprint density at radius 3 is 2.64 bits per heavy atom. The standard InChI is InChI=1S/C26H18N2O3S2/c29-24-21(14-15-7-9-17(10-8-15)25(30)31)33-26-27-22-18-5-2-1-4-16(18)11-12-19(22)23(28(24)26)20-6-3-13-32-20/h1-10,13-14,23H,11-12H2,(H,30,31)/p-1/b21-14+. The molecule has 0 saturated carbocycles. The molecule has 1 aliphatic carbocycles. The smallest absolute Gasteiger partial charge is 0.271 e. The lowest BCUT2D eigenvalue weighted by atomic mass is 9.85. The predicted octanol–water partition coefficient (Wildman–Crippen LogP) is 2.74. The molecule has 2 aromatic carbocycles. The average molecular weight is 470 g/mol. The maximum atomic E-state index is 13.6. The van der Waals surface area contributed by atoms with Crippen molar-refractivity contribution in [1.82, 2.24) is 4.57 Å². The summed E-state index contributed by atoms with van der Waals surface area (Å²) in [7, 11) is 0. The Morgan fingerprint density at radius 1 is 1.06 bits per heavy atom. The van der Waals surface area contributed by atoms with Crippen molar-refractivity contribution in [1.29, 1.82) is 0 Å². The number of nitrogens with zero attached hydrogens (tertiary/aromatic N) is 2. The minimum absolute atomic E-state index is 0.0773. The van der Waals surface area contributed by atoms with Crippen LogP contribution in [-0.2, 0) is 6.42 Å². The van der Waals surface area contributed by atoms with E-state index in [1.54, 1.807) is 29.5 Å². The number of carbonyl (C=O) groups is 1. The third kappa shape index (κ3) is 3.32. The van der Waals surface area contributed by atoms with Crippen molar-refractivity contribution in [3.63, 3.8) is 0 Å². The van der Waals surface area contributed by atoms with Gasteiger partial charge in [0.05, 0.1) is 22.2 Å². The summed E-state index contributed by atoms with van der Waals surface area (Å²) in [6, 6.07) is 18.7. The fourth-order valence-corrected chi connectivity index (χ4v) is 6.43. The molecule has 33 heavy (non-hydrogen) atoms. The van der Waals surface area contributed by atoms with Gasteiger partial charge in [0.25, 0.3) is 5.56 Å². The van der Waals surface area contributed by atoms with Crippen LogP contribution in [0.2, 0.25) is 0 Å². The summed E-state index contributed by atoms with van der Waals surface area (Å²) in [5, 5.41) is 13.1. The van der Waals surface area contributed by atoms with Crippen LogP contribution in [0.25, 0.3) is 11.8 Å². The van der Waals surface area contributed by atoms with Gasteiger partial charge in [-0.2, -0.15) is 0 Å². The Balaban J connectivity index is 1.57. The zero-order chi connectivity index (χ0) is 22.5. The molecule has 162 valence electrons. The summed E-state index contributed by atoms with van der Waals surface area (Å²) in [5.41, 5.74) is 5.40. The first-order valence-corrected chi connectivity index (χ1v) is 12.3. The first-order chi connectivity index (χ1) is 16.1. The van der Waals surface area contributed by atoms with Gasteiger partial charge in [-0.25, -0.2) is 4.99 Å². The van der Waals surface area contributed by atoms with Gasteiger partial charge >= 0.3 is 0 Å². The molecule has 1 aliphatic heterocycles. The monoisotopic (exact) mass is 469 g/mol. The molecule has 0 spiro atoms. The zero-order valence-corrected chi connectivity index (χ0v) is 19.0. The second kappa shape index (κ2) is 7.79. The zero-order valence-electron chi connectivity index (χ0n) is 17.4. The Kier molecular flexibility index (Phi) is 4.74. The van der Waals surface area contributed by atoms with Crippen LogP contribution in [0.3, 0.4) is 0 Å². The molecular formula is C26H17N2O3S2-. The first kappa shape index (κ1) is 20.1. The largest absolute Gasteiger partial charge is 0.545 e. The van der Waals surface area contributed by atoms with Crippen LogP contribution in [0.15, 0.2) is 81.4 Å². The molecule has 6 rings (SSSR count). The van der Waals surface area contributed by atoms with Crippen molar-refractivity contribution in [3.05, 3.63) is 118 Å². The first-order valence-electron chi connectivity index (χ1n) is 10.6. The van der Waals surface area contributed by atoms with Crippen molar-refractivity contribution >= 4 is 40.4 Å². The highest BCUT2D eigenvalue weighted by Crippen LogP contribution is 2.42. The molecule has 1 atom stereocenters. The lowest BCUT2D eigenvalue weighted by Gasteiger charge is -2.30. The van der Waals surface area contributed by atoms with Crippen molar-refractivity contribution in [3.8, 4) is 0 Å². The topological polar surface area (TPSA) is 74.5 Å². The number of thiophene rings is 1. The molecule has 4 aromatic rings. The molecule has 2 aromatic heterocycles. The summed E-state index contributed by atoms with van der Waals surface area (Å²) in [5.74, 6) is -1.22. The van der Waals surface area contributed by atoms with Crippen LogP contribution in [0.1, 0.15) is 44.4 Å². The number of allylic oxidation sites excluding steroid dienone is 1. The summed E-state index contributed by atoms with van der Waals surface area (Å²) in [6.07, 6.45) is 3.60. The summed E-state index contributed by atoms with van der Waals surface area (Å²) in [4.78, 5) is 31.4. The van der Waals surface area contributed by atoms with Crippen LogP contribution < -0.4 is 20.0 Å². The van der Waals surface area contributed by atoms with Crippen LogP contribution in [0, 0.1) is 0 Å². The molecule has 0 radical (unpaired) electrons. The molecule has 0 fully saturated rings. The average Bonchev–Trinajstić information content (AvgIpc) is 3.47. The third-order valence-corrected chi connectivity index (χ3v) is 8.04. The second-order valence-corrected chi connectivity index (χ2v) is 10.0. The molecular weight excluding hydrogens is 452 g/mol. The van der Waals surface area contributed by atoms with Crippen molar-refractivity contribution < 1.29 is 9.90 Å². The van der Waals surface area contributed by atoms with E-state index in [1.807, 2.05) is 22.1 Å². The number of aromatic nitrogens is 1. The van der Waals surface area contributed by atoms with Gasteiger partial charge in [0.15, 0.2) is 4.80 Å². The highest BCUT2D eigenvalue weighted by Gasteiger charge is 2.32. The second-order valence-electron chi connectivity index (χ2n) is 8.04. The highest BCUT2D eigenvalue weighted by atomic mass is 32.1. The minimum Gasteiger partial charge on any atom is -0.545 e. The Labute approximate surface area is 196 Å². The van der Waals surface area contributed by atoms with E-state index >= 15 is 0 Å². The van der Waals surface area contributed by atoms with Crippen LogP contribution in [0.4, 0.5) is 0 Å². The summed E-state index contributed by atoms with van der Waals surface area (Å²) >= 11 is 3.02. The van der Waals surface area contributed by atoms with E-state index in [0.717, 1.165) is 34.5 Å². The van der Waals surface area contributed by atoms with E-state index in [9.17, 15) is 14.7 Å². The van der Waals surface area contributed by atoms with Gasteiger partial charge < -0.3 is 9.90 Å². The molecule has 2 aliphatic rings. The van der Waals surface area contributed by atoms with Crippen molar-refractivity contribution in [2.24, 2.45) is 4.99 Å². The van der Waals surface area contributed by atoms with Crippen molar-refractivity contribution in [2.45, 2.75) is 18.9 Å². The van der Waals surface area contributed by atoms with Gasteiger partial charge in [-0.1, -0.05) is 65.9 Å². The number of carbonyl (C=O) groups excluding carboxylic acids is 1. The number of carboxylic acid groups (broad SMARTS) is 1. The molecule has 0 amide bonds. The van der Waals surface area contributed by atoms with E-state index < -0.39 is 5.97 Å². The van der Waals surface area contributed by atoms with E-state index in [0.29, 0.717) is 9.33 Å². The Hall–Kier alpha value is -3.55. The quantitative estimate of drug-likeness (QED) is 0.463. The molecule has 0 saturated heterocycles. The van der Waals surface area contributed by atoms with E-state index in [2.05, 4.69) is 24.3 Å². The third-order valence-electron chi connectivity index (χ3n) is 6.13. The number of carboxylic acids is 1. The van der Waals surface area contributed by atoms with Gasteiger partial charge in [-0.3, -0.25) is 9.36 Å². The van der Waals surface area contributed by atoms with Crippen LogP contribution >= 0.6 is 22.7 Å². The number of aryl methyl sites for hydroxylation is 1. The van der Waals surface area contributed by atoms with E-state index in [-0.39, 0.29) is 17.2 Å². The van der Waals surface area contributed by atoms with Gasteiger partial charge in [-0.15, -0.1) is 11.3 Å². The van der Waals surface area contributed by atoms with Crippen LogP contribution in [-0.4, -0.2) is 10.5 Å². The number of benzene rings is 2. The van der Waals surface area contributed by atoms with Crippen LogP contribution in [0.5, 0.6) is 0 Å². The van der Waals surface area contributed by atoms with Gasteiger partial charge in [0.1, 0.15) is 0 Å². The van der Waals surface area contributed by atoms with E-state index in [4.69, 9.17) is 4.99 Å². The molecule has 1 unspecified atom stereocenters. The lowest BCUT2D eigenvalue weighted by Crippen LogP contribution is -2.38. The lowest BCUT2D eigenvalue weighted by molar-refractivity contribution is -0.255. The highest BCUT2D eigenvalue weighted by molar-refractivity contribution is 7.10. The fraction of sp³-hybridized carbons (Fsp3) is 0.115. The van der Waals surface area contributed by atoms with Gasteiger partial charge in [0.2, 0.25) is 0 Å². The number of rotatable bonds is 3. The van der Waals surface area contributed by atoms with Crippen molar-refractivity contribution in [2.75, 3.05) is 0 Å². The number of hydrogen-bond donors (Lipinski definition) is 0. The maximum Gasteiger partial charge on any atom is 0.271 e. The number of thiazole rings is 1. The Morgan fingerprint density at radius 2 is 1.88 bits per heavy atom. The molecule has 0 bridgehead atoms. The summed E-state index contributed by atoms with van der Waals surface area (Å²) < 4.78 is 2.40. The van der Waals surface area contributed by atoms with Gasteiger partial charge in [0, 0.05) is 10.4 Å². The maximum absolute atomic E-state index is 13.6. The van der Waals surface area contributed by atoms with E-state index in [1.165, 1.54) is 34.6 Å². The summed E-state index contributed by atoms with van der Waals surface area (Å²) in [6.45, 7) is 0. The molecule has 3 heterocycles. The normalized spacial score (nSPS) is 17.2. The molecule has 0 N–H and O–H groups in total. The van der Waals surface area contributed by atoms with Gasteiger partial charge in [-0.05, 0) is 52.6 Å². The predicted molar refractivity (Wildman–Crippen MR) is 128 cm³/mol. The Bertz CT molecular complexity index is 1610. The molecule has 7 heteroatoms.